The number of benzene rings is 1. The fourth-order valence-electron chi connectivity index (χ4n) is 1.83. The summed E-state index contributed by atoms with van der Waals surface area (Å²) in [7, 11) is 0. The zero-order valence-corrected chi connectivity index (χ0v) is 11.0. The number of nitrogens with zero attached hydrogens (tertiary/aromatic N) is 6. The third kappa shape index (κ3) is 2.54. The summed E-state index contributed by atoms with van der Waals surface area (Å²) in [6.45, 7) is 1.89. The molecule has 0 aliphatic carbocycles. The van der Waals surface area contributed by atoms with Gasteiger partial charge in [0.05, 0.1) is 5.69 Å². The third-order valence-corrected chi connectivity index (χ3v) is 2.77. The Labute approximate surface area is 118 Å². The molecule has 21 heavy (non-hydrogen) atoms. The van der Waals surface area contributed by atoms with Gasteiger partial charge >= 0.3 is 0 Å². The van der Waals surface area contributed by atoms with Crippen LogP contribution in [0.15, 0.2) is 24.5 Å². The maximum absolute atomic E-state index is 11.9. The maximum Gasteiger partial charge on any atom is 0.293 e. The largest absolute Gasteiger partial charge is 0.366 e. The number of amides is 1. The van der Waals surface area contributed by atoms with Crippen molar-refractivity contribution in [3.63, 3.8) is 0 Å². The zero-order valence-electron chi connectivity index (χ0n) is 11.0. The standard InChI is InChI=1S/C11H11N9O/c1-6-4-7(2-3-8(6)20-5-13-18-19-20)14-10(21)9-15-11(12)17-16-9/h2-5H,1H3,(H,14,21)(H3,12,15,16,17). The number of carbonyl (C=O) groups excluding carboxylic acids is 1. The molecule has 10 nitrogen and oxygen atoms in total. The van der Waals surface area contributed by atoms with Crippen LogP contribution in [0.5, 0.6) is 0 Å². The highest BCUT2D eigenvalue weighted by molar-refractivity contribution is 6.01. The molecule has 0 aliphatic heterocycles. The predicted octanol–water partition coefficient (Wildman–Crippen LogP) is -0.0767. The number of nitrogens with two attached hydrogens (primary N) is 1. The van der Waals surface area contributed by atoms with Gasteiger partial charge in [0, 0.05) is 5.69 Å². The van der Waals surface area contributed by atoms with Crippen molar-refractivity contribution in [2.24, 2.45) is 0 Å². The first-order valence-electron chi connectivity index (χ1n) is 5.97. The van der Waals surface area contributed by atoms with Crippen molar-refractivity contribution in [1.82, 2.24) is 35.4 Å². The molecular weight excluding hydrogens is 274 g/mol. The molecule has 0 spiro atoms. The second kappa shape index (κ2) is 5.00. The lowest BCUT2D eigenvalue weighted by Crippen LogP contribution is -2.14. The normalized spacial score (nSPS) is 10.5. The molecule has 1 amide bonds. The summed E-state index contributed by atoms with van der Waals surface area (Å²) in [5.74, 6) is -0.353. The maximum atomic E-state index is 11.9. The number of rotatable bonds is 3. The highest BCUT2D eigenvalue weighted by atomic mass is 16.2. The van der Waals surface area contributed by atoms with E-state index >= 15 is 0 Å². The lowest BCUT2D eigenvalue weighted by molar-refractivity contribution is 0.101. The van der Waals surface area contributed by atoms with Gasteiger partial charge in [-0.3, -0.25) is 9.89 Å². The molecule has 3 aromatic rings. The lowest BCUT2D eigenvalue weighted by Gasteiger charge is -2.08. The van der Waals surface area contributed by atoms with Crippen LogP contribution >= 0.6 is 0 Å². The van der Waals surface area contributed by atoms with Crippen molar-refractivity contribution in [2.45, 2.75) is 6.92 Å². The molecule has 4 N–H and O–H groups in total. The van der Waals surface area contributed by atoms with E-state index in [0.29, 0.717) is 5.69 Å². The van der Waals surface area contributed by atoms with Gasteiger partial charge in [0.2, 0.25) is 11.8 Å². The number of nitrogen functional groups attached to an aromatic ring is 1. The molecule has 0 radical (unpaired) electrons. The summed E-state index contributed by atoms with van der Waals surface area (Å²) in [6.07, 6.45) is 1.50. The number of aryl methyl sites for hydroxylation is 1. The van der Waals surface area contributed by atoms with E-state index in [4.69, 9.17) is 5.73 Å². The molecule has 3 rings (SSSR count). The van der Waals surface area contributed by atoms with Crippen LogP contribution in [0.4, 0.5) is 11.6 Å². The molecule has 2 heterocycles. The molecule has 0 aliphatic rings. The van der Waals surface area contributed by atoms with Gasteiger partial charge < -0.3 is 11.1 Å². The Morgan fingerprint density at radius 3 is 2.90 bits per heavy atom. The lowest BCUT2D eigenvalue weighted by atomic mass is 10.2. The minimum absolute atomic E-state index is 0.0189. The second-order valence-electron chi connectivity index (χ2n) is 4.25. The van der Waals surface area contributed by atoms with Crippen molar-refractivity contribution in [1.29, 1.82) is 0 Å². The summed E-state index contributed by atoms with van der Waals surface area (Å²) in [4.78, 5) is 15.7. The first-order valence-corrected chi connectivity index (χ1v) is 5.97. The van der Waals surface area contributed by atoms with E-state index in [1.165, 1.54) is 11.0 Å². The number of H-pyrrole nitrogens is 1. The number of aromatic amines is 1. The summed E-state index contributed by atoms with van der Waals surface area (Å²) in [5.41, 5.74) is 7.69. The van der Waals surface area contributed by atoms with Crippen molar-refractivity contribution in [2.75, 3.05) is 11.1 Å². The summed E-state index contributed by atoms with van der Waals surface area (Å²) in [6, 6.07) is 5.34. The number of hydrogen-bond donors (Lipinski definition) is 3. The Bertz CT molecular complexity index is 777. The fraction of sp³-hybridized carbons (Fsp3) is 0.0909. The Kier molecular flexibility index (Phi) is 3.03. The van der Waals surface area contributed by atoms with Crippen molar-refractivity contribution >= 4 is 17.5 Å². The highest BCUT2D eigenvalue weighted by Gasteiger charge is 2.12. The van der Waals surface area contributed by atoms with Gasteiger partial charge in [-0.25, -0.2) is 4.68 Å². The van der Waals surface area contributed by atoms with Crippen molar-refractivity contribution < 1.29 is 4.79 Å². The average molecular weight is 285 g/mol. The number of hydrogen-bond acceptors (Lipinski definition) is 7. The number of nitrogens with one attached hydrogen (secondary N) is 2. The Balaban J connectivity index is 1.81. The van der Waals surface area contributed by atoms with Gasteiger partial charge in [-0.05, 0) is 41.1 Å². The molecule has 0 saturated heterocycles. The van der Waals surface area contributed by atoms with Crippen LogP contribution in [0.1, 0.15) is 16.2 Å². The predicted molar refractivity (Wildman–Crippen MR) is 72.6 cm³/mol. The van der Waals surface area contributed by atoms with Gasteiger partial charge in [0.1, 0.15) is 6.33 Å². The Hall–Kier alpha value is -3.30. The molecular formula is C11H11N9O. The minimum atomic E-state index is -0.422. The van der Waals surface area contributed by atoms with Gasteiger partial charge in [-0.1, -0.05) is 0 Å². The molecule has 0 fully saturated rings. The van der Waals surface area contributed by atoms with Gasteiger partial charge in [-0.2, -0.15) is 4.98 Å². The van der Waals surface area contributed by atoms with E-state index in [-0.39, 0.29) is 11.8 Å². The van der Waals surface area contributed by atoms with Gasteiger partial charge in [-0.15, -0.1) is 10.2 Å². The van der Waals surface area contributed by atoms with Crippen LogP contribution in [-0.2, 0) is 0 Å². The van der Waals surface area contributed by atoms with Crippen LogP contribution in [0.2, 0.25) is 0 Å². The van der Waals surface area contributed by atoms with Crippen LogP contribution in [0.3, 0.4) is 0 Å². The van der Waals surface area contributed by atoms with Crippen LogP contribution in [0.25, 0.3) is 5.69 Å². The number of aromatic nitrogens is 7. The number of anilines is 2. The minimum Gasteiger partial charge on any atom is -0.366 e. The quantitative estimate of drug-likeness (QED) is 0.611. The summed E-state index contributed by atoms with van der Waals surface area (Å²) in [5, 5.41) is 19.7. The SMILES string of the molecule is Cc1cc(NC(=O)c2nc(N)n[nH]2)ccc1-n1cnnn1. The summed E-state index contributed by atoms with van der Waals surface area (Å²) >= 11 is 0. The Morgan fingerprint density at radius 2 is 2.29 bits per heavy atom. The van der Waals surface area contributed by atoms with E-state index in [0.717, 1.165) is 11.3 Å². The molecule has 0 atom stereocenters. The first kappa shape index (κ1) is 12.7. The Morgan fingerprint density at radius 1 is 1.43 bits per heavy atom. The van der Waals surface area contributed by atoms with E-state index in [1.54, 1.807) is 18.2 Å². The molecule has 106 valence electrons. The topological polar surface area (TPSA) is 140 Å². The molecule has 0 saturated carbocycles. The zero-order chi connectivity index (χ0) is 14.8. The third-order valence-electron chi connectivity index (χ3n) is 2.77. The van der Waals surface area contributed by atoms with Crippen LogP contribution < -0.4 is 11.1 Å². The monoisotopic (exact) mass is 285 g/mol. The number of tetrazole rings is 1. The smallest absolute Gasteiger partial charge is 0.293 e. The molecule has 10 heteroatoms. The van der Waals surface area contributed by atoms with E-state index in [9.17, 15) is 4.79 Å². The van der Waals surface area contributed by atoms with E-state index in [1.807, 2.05) is 6.92 Å². The fourth-order valence-corrected chi connectivity index (χ4v) is 1.83. The van der Waals surface area contributed by atoms with E-state index in [2.05, 4.69) is 36.0 Å². The molecule has 2 aromatic heterocycles. The summed E-state index contributed by atoms with van der Waals surface area (Å²) < 4.78 is 1.54. The number of carbonyl (C=O) groups is 1. The molecule has 0 bridgehead atoms. The van der Waals surface area contributed by atoms with Crippen LogP contribution in [-0.4, -0.2) is 41.3 Å². The second-order valence-corrected chi connectivity index (χ2v) is 4.25. The van der Waals surface area contributed by atoms with Crippen molar-refractivity contribution in [3.05, 3.63) is 35.9 Å². The average Bonchev–Trinajstić information content (AvgIpc) is 3.10. The first-order chi connectivity index (χ1) is 10.1. The van der Waals surface area contributed by atoms with E-state index < -0.39 is 5.91 Å². The van der Waals surface area contributed by atoms with Crippen molar-refractivity contribution in [3.8, 4) is 5.69 Å². The molecule has 1 aromatic carbocycles. The van der Waals surface area contributed by atoms with Crippen LogP contribution in [0, 0.1) is 6.92 Å². The van der Waals surface area contributed by atoms with Gasteiger partial charge in [0.15, 0.2) is 0 Å². The highest BCUT2D eigenvalue weighted by Crippen LogP contribution is 2.18. The molecule has 0 unspecified atom stereocenters. The van der Waals surface area contributed by atoms with Gasteiger partial charge in [0.25, 0.3) is 5.91 Å².